The molecule has 0 bridgehead atoms. The molecule has 2 N–H and O–H groups in total. The van der Waals surface area contributed by atoms with Crippen LogP contribution in [-0.4, -0.2) is 28.4 Å². The Kier molecular flexibility index (Phi) is 11.2. The Bertz CT molecular complexity index is 1010. The molecule has 4 nitrogen and oxygen atoms in total. The summed E-state index contributed by atoms with van der Waals surface area (Å²) in [6, 6.07) is 13.3. The Labute approximate surface area is 218 Å². The third-order valence-electron chi connectivity index (χ3n) is 7.85. The SMILES string of the molecule is CCC(O)(/C=C/c1ccc(C(CC)(CC)c2ccc(OCCCCCC(=O)O)c(C)c2)cc1C)CC. The number of carboxylic acids is 1. The third kappa shape index (κ3) is 7.46. The van der Waals surface area contributed by atoms with E-state index in [9.17, 15) is 9.90 Å². The molecule has 0 aliphatic rings. The van der Waals surface area contributed by atoms with E-state index in [1.54, 1.807) is 0 Å². The highest BCUT2D eigenvalue weighted by Crippen LogP contribution is 2.41. The monoisotopic (exact) mass is 494 g/mol. The molecule has 0 aromatic heterocycles. The van der Waals surface area contributed by atoms with Crippen molar-refractivity contribution in [1.82, 2.24) is 0 Å². The number of aliphatic hydroxyl groups is 1. The van der Waals surface area contributed by atoms with Gasteiger partial charge in [-0.3, -0.25) is 4.79 Å². The number of ether oxygens (including phenoxy) is 1. The summed E-state index contributed by atoms with van der Waals surface area (Å²) < 4.78 is 6.02. The van der Waals surface area contributed by atoms with E-state index in [2.05, 4.69) is 70.2 Å². The van der Waals surface area contributed by atoms with E-state index in [0.29, 0.717) is 25.9 Å². The van der Waals surface area contributed by atoms with Crippen LogP contribution in [0, 0.1) is 13.8 Å². The highest BCUT2D eigenvalue weighted by molar-refractivity contribution is 5.66. The molecule has 2 rings (SSSR count). The second-order valence-corrected chi connectivity index (χ2v) is 10.0. The van der Waals surface area contributed by atoms with Crippen molar-refractivity contribution in [2.75, 3.05) is 6.61 Å². The fraction of sp³-hybridized carbons (Fsp3) is 0.531. The summed E-state index contributed by atoms with van der Waals surface area (Å²) in [5.74, 6) is 0.160. The third-order valence-corrected chi connectivity index (χ3v) is 7.85. The van der Waals surface area contributed by atoms with Gasteiger partial charge in [0.2, 0.25) is 0 Å². The number of rotatable bonds is 15. The van der Waals surface area contributed by atoms with Crippen molar-refractivity contribution < 1.29 is 19.7 Å². The predicted octanol–water partition coefficient (Wildman–Crippen LogP) is 8.00. The molecule has 0 saturated carbocycles. The van der Waals surface area contributed by atoms with Crippen LogP contribution in [0.4, 0.5) is 0 Å². The highest BCUT2D eigenvalue weighted by atomic mass is 16.5. The molecule has 198 valence electrons. The molecule has 0 radical (unpaired) electrons. The molecular weight excluding hydrogens is 448 g/mol. The summed E-state index contributed by atoms with van der Waals surface area (Å²) in [5.41, 5.74) is 5.26. The molecule has 0 spiro atoms. The quantitative estimate of drug-likeness (QED) is 0.246. The average Bonchev–Trinajstić information content (AvgIpc) is 2.87. The van der Waals surface area contributed by atoms with E-state index in [1.807, 2.05) is 19.9 Å². The molecule has 2 aromatic rings. The summed E-state index contributed by atoms with van der Waals surface area (Å²) in [6.45, 7) is 13.4. The molecule has 0 aliphatic heterocycles. The van der Waals surface area contributed by atoms with Crippen molar-refractivity contribution in [2.45, 2.75) is 104 Å². The lowest BCUT2D eigenvalue weighted by atomic mass is 9.70. The maximum absolute atomic E-state index is 10.6. The first-order valence-electron chi connectivity index (χ1n) is 13.6. The standard InChI is InChI=1S/C32H46O4/c1-7-31(35,8-2)20-19-26-15-16-27(22-24(26)5)32(9-3,10-4)28-17-18-29(25(6)23-28)36-21-13-11-12-14-30(33)34/h15-20,22-23,35H,7-14,21H2,1-6H3,(H,33,34)/b20-19+. The van der Waals surface area contributed by atoms with Crippen LogP contribution in [0.1, 0.15) is 107 Å². The van der Waals surface area contributed by atoms with E-state index >= 15 is 0 Å². The first kappa shape index (κ1) is 29.6. The van der Waals surface area contributed by atoms with Crippen molar-refractivity contribution in [3.05, 3.63) is 70.3 Å². The van der Waals surface area contributed by atoms with Gasteiger partial charge >= 0.3 is 5.97 Å². The molecule has 0 amide bonds. The van der Waals surface area contributed by atoms with Crippen molar-refractivity contribution in [1.29, 1.82) is 0 Å². The van der Waals surface area contributed by atoms with Gasteiger partial charge < -0.3 is 14.9 Å². The van der Waals surface area contributed by atoms with Crippen LogP contribution in [0.5, 0.6) is 5.75 Å². The van der Waals surface area contributed by atoms with Gasteiger partial charge in [0.1, 0.15) is 5.75 Å². The maximum atomic E-state index is 10.6. The Morgan fingerprint density at radius 1 is 0.861 bits per heavy atom. The van der Waals surface area contributed by atoms with Crippen LogP contribution in [0.25, 0.3) is 6.08 Å². The molecule has 0 fully saturated rings. The lowest BCUT2D eigenvalue weighted by Gasteiger charge is -2.34. The molecule has 0 unspecified atom stereocenters. The number of unbranched alkanes of at least 4 members (excludes halogenated alkanes) is 2. The van der Waals surface area contributed by atoms with E-state index < -0.39 is 11.6 Å². The second-order valence-electron chi connectivity index (χ2n) is 10.0. The van der Waals surface area contributed by atoms with E-state index in [4.69, 9.17) is 9.84 Å². The largest absolute Gasteiger partial charge is 0.493 e. The first-order valence-corrected chi connectivity index (χ1v) is 13.6. The number of aliphatic carboxylic acids is 1. The van der Waals surface area contributed by atoms with E-state index in [1.165, 1.54) is 16.7 Å². The summed E-state index contributed by atoms with van der Waals surface area (Å²) in [6.07, 6.45) is 10.0. The van der Waals surface area contributed by atoms with Gasteiger partial charge in [0.05, 0.1) is 12.2 Å². The number of benzene rings is 2. The normalized spacial score (nSPS) is 12.3. The second kappa shape index (κ2) is 13.6. The molecule has 2 aromatic carbocycles. The van der Waals surface area contributed by atoms with Crippen LogP contribution in [0.2, 0.25) is 0 Å². The zero-order valence-corrected chi connectivity index (χ0v) is 23.2. The van der Waals surface area contributed by atoms with Gasteiger partial charge in [-0.2, -0.15) is 0 Å². The zero-order valence-electron chi connectivity index (χ0n) is 23.2. The van der Waals surface area contributed by atoms with Crippen LogP contribution in [0.15, 0.2) is 42.5 Å². The Hall–Kier alpha value is -2.59. The molecule has 0 atom stereocenters. The number of aryl methyl sites for hydroxylation is 2. The van der Waals surface area contributed by atoms with Crippen molar-refractivity contribution in [3.8, 4) is 5.75 Å². The Morgan fingerprint density at radius 3 is 2.00 bits per heavy atom. The van der Waals surface area contributed by atoms with Gasteiger partial charge in [-0.05, 0) is 92.7 Å². The lowest BCUT2D eigenvalue weighted by Crippen LogP contribution is -2.26. The number of hydrogen-bond donors (Lipinski definition) is 2. The van der Waals surface area contributed by atoms with Crippen LogP contribution in [-0.2, 0) is 10.2 Å². The zero-order chi connectivity index (χ0) is 26.8. The molecule has 0 heterocycles. The van der Waals surface area contributed by atoms with E-state index in [0.717, 1.165) is 42.6 Å². The molecule has 0 saturated heterocycles. The van der Waals surface area contributed by atoms with Gasteiger partial charge in [0.15, 0.2) is 0 Å². The first-order chi connectivity index (χ1) is 17.1. The average molecular weight is 495 g/mol. The number of carboxylic acid groups (broad SMARTS) is 1. The maximum Gasteiger partial charge on any atom is 0.303 e. The molecule has 4 heteroatoms. The Balaban J connectivity index is 2.23. The number of hydrogen-bond acceptors (Lipinski definition) is 3. The highest BCUT2D eigenvalue weighted by Gasteiger charge is 2.31. The predicted molar refractivity (Wildman–Crippen MR) is 150 cm³/mol. The number of carbonyl (C=O) groups is 1. The topological polar surface area (TPSA) is 66.8 Å². The summed E-state index contributed by atoms with van der Waals surface area (Å²) in [4.78, 5) is 10.6. The lowest BCUT2D eigenvalue weighted by molar-refractivity contribution is -0.137. The molecular formula is C32H46O4. The van der Waals surface area contributed by atoms with Crippen molar-refractivity contribution >= 4 is 12.0 Å². The van der Waals surface area contributed by atoms with E-state index in [-0.39, 0.29) is 11.8 Å². The summed E-state index contributed by atoms with van der Waals surface area (Å²) in [7, 11) is 0. The van der Waals surface area contributed by atoms with Gasteiger partial charge in [0.25, 0.3) is 0 Å². The van der Waals surface area contributed by atoms with Crippen LogP contribution < -0.4 is 4.74 Å². The minimum absolute atomic E-state index is 0.0826. The van der Waals surface area contributed by atoms with Gasteiger partial charge in [0, 0.05) is 11.8 Å². The van der Waals surface area contributed by atoms with Gasteiger partial charge in [-0.15, -0.1) is 0 Å². The minimum Gasteiger partial charge on any atom is -0.493 e. The summed E-state index contributed by atoms with van der Waals surface area (Å²) in [5, 5.41) is 19.4. The Morgan fingerprint density at radius 2 is 1.47 bits per heavy atom. The summed E-state index contributed by atoms with van der Waals surface area (Å²) >= 11 is 0. The fourth-order valence-corrected chi connectivity index (χ4v) is 4.97. The van der Waals surface area contributed by atoms with Gasteiger partial charge in [-0.25, -0.2) is 0 Å². The van der Waals surface area contributed by atoms with Crippen LogP contribution in [0.3, 0.4) is 0 Å². The molecule has 0 aliphatic carbocycles. The fourth-order valence-electron chi connectivity index (χ4n) is 4.97. The minimum atomic E-state index is -0.748. The smallest absolute Gasteiger partial charge is 0.303 e. The molecule has 36 heavy (non-hydrogen) atoms. The van der Waals surface area contributed by atoms with Gasteiger partial charge in [-0.1, -0.05) is 70.2 Å². The van der Waals surface area contributed by atoms with Crippen LogP contribution >= 0.6 is 0 Å². The van der Waals surface area contributed by atoms with Crippen molar-refractivity contribution in [2.24, 2.45) is 0 Å². The van der Waals surface area contributed by atoms with Crippen molar-refractivity contribution in [3.63, 3.8) is 0 Å².